The topological polar surface area (TPSA) is 92.4 Å². The van der Waals surface area contributed by atoms with Crippen LogP contribution in [0.4, 0.5) is 0 Å². The minimum absolute atomic E-state index is 0.0411. The first-order chi connectivity index (χ1) is 10.1. The van der Waals surface area contributed by atoms with E-state index in [1.807, 2.05) is 30.3 Å². The maximum absolute atomic E-state index is 11.9. The first-order valence-corrected chi connectivity index (χ1v) is 7.38. The number of carboxylic acids is 1. The van der Waals surface area contributed by atoms with Crippen LogP contribution in [0.5, 0.6) is 0 Å². The summed E-state index contributed by atoms with van der Waals surface area (Å²) >= 11 is 0. The number of nitrogens with two attached hydrogens (primary N) is 1. The lowest BCUT2D eigenvalue weighted by atomic mass is 9.96. The van der Waals surface area contributed by atoms with Gasteiger partial charge < -0.3 is 16.2 Å². The Hall–Kier alpha value is -1.88. The van der Waals surface area contributed by atoms with Gasteiger partial charge >= 0.3 is 5.97 Å². The van der Waals surface area contributed by atoms with Crippen LogP contribution in [0.1, 0.15) is 37.3 Å². The van der Waals surface area contributed by atoms with E-state index in [1.54, 1.807) is 0 Å². The maximum Gasteiger partial charge on any atom is 0.306 e. The largest absolute Gasteiger partial charge is 0.481 e. The van der Waals surface area contributed by atoms with Crippen molar-refractivity contribution >= 4 is 11.9 Å². The second-order valence-electron chi connectivity index (χ2n) is 5.66. The molecule has 0 saturated heterocycles. The molecule has 1 aliphatic carbocycles. The molecule has 1 aromatic rings. The van der Waals surface area contributed by atoms with E-state index in [9.17, 15) is 9.59 Å². The third-order valence-corrected chi connectivity index (χ3v) is 4.17. The average Bonchev–Trinajstić information content (AvgIpc) is 2.94. The molecule has 0 radical (unpaired) electrons. The maximum atomic E-state index is 11.9. The van der Waals surface area contributed by atoms with Gasteiger partial charge in [-0.05, 0) is 24.3 Å². The minimum Gasteiger partial charge on any atom is -0.481 e. The van der Waals surface area contributed by atoms with Crippen LogP contribution in [0, 0.1) is 11.8 Å². The Morgan fingerprint density at radius 1 is 1.29 bits per heavy atom. The second kappa shape index (κ2) is 7.22. The second-order valence-corrected chi connectivity index (χ2v) is 5.66. The highest BCUT2D eigenvalue weighted by molar-refractivity contribution is 5.77. The van der Waals surface area contributed by atoms with Crippen molar-refractivity contribution in [3.63, 3.8) is 0 Å². The SMILES string of the molecule is NC(CC(=O)NCC1CCCC1C(=O)O)c1ccccc1. The third kappa shape index (κ3) is 4.29. The summed E-state index contributed by atoms with van der Waals surface area (Å²) in [6, 6.07) is 9.16. The fourth-order valence-electron chi connectivity index (χ4n) is 2.94. The van der Waals surface area contributed by atoms with Crippen LogP contribution in [-0.4, -0.2) is 23.5 Å². The van der Waals surface area contributed by atoms with Gasteiger partial charge in [-0.2, -0.15) is 0 Å². The molecule has 114 valence electrons. The van der Waals surface area contributed by atoms with Crippen molar-refractivity contribution in [1.82, 2.24) is 5.32 Å². The van der Waals surface area contributed by atoms with Gasteiger partial charge in [0.25, 0.3) is 0 Å². The zero-order valence-corrected chi connectivity index (χ0v) is 12.0. The van der Waals surface area contributed by atoms with Crippen molar-refractivity contribution in [3.05, 3.63) is 35.9 Å². The standard InChI is InChI=1S/C16H22N2O3/c17-14(11-5-2-1-3-6-11)9-15(19)18-10-12-7-4-8-13(12)16(20)21/h1-3,5-6,12-14H,4,7-10,17H2,(H,18,19)(H,20,21). The van der Waals surface area contributed by atoms with E-state index in [2.05, 4.69) is 5.32 Å². The first-order valence-electron chi connectivity index (χ1n) is 7.38. The highest BCUT2D eigenvalue weighted by atomic mass is 16.4. The van der Waals surface area contributed by atoms with Crippen LogP contribution in [0.15, 0.2) is 30.3 Å². The summed E-state index contributed by atoms with van der Waals surface area (Å²) in [7, 11) is 0. The first kappa shape index (κ1) is 15.5. The van der Waals surface area contributed by atoms with Crippen molar-refractivity contribution in [2.75, 3.05) is 6.54 Å². The lowest BCUT2D eigenvalue weighted by Crippen LogP contribution is -2.34. The fourth-order valence-corrected chi connectivity index (χ4v) is 2.94. The van der Waals surface area contributed by atoms with Crippen molar-refractivity contribution in [2.24, 2.45) is 17.6 Å². The molecule has 4 N–H and O–H groups in total. The van der Waals surface area contributed by atoms with Crippen molar-refractivity contribution in [1.29, 1.82) is 0 Å². The number of hydrogen-bond acceptors (Lipinski definition) is 3. The summed E-state index contributed by atoms with van der Waals surface area (Å²) in [4.78, 5) is 23.0. The highest BCUT2D eigenvalue weighted by Crippen LogP contribution is 2.31. The van der Waals surface area contributed by atoms with E-state index in [0.717, 1.165) is 18.4 Å². The van der Waals surface area contributed by atoms with Gasteiger partial charge in [-0.3, -0.25) is 9.59 Å². The van der Waals surface area contributed by atoms with E-state index >= 15 is 0 Å². The number of carbonyl (C=O) groups excluding carboxylic acids is 1. The molecule has 1 amide bonds. The Kier molecular flexibility index (Phi) is 5.33. The number of rotatable bonds is 6. The molecule has 0 aliphatic heterocycles. The summed E-state index contributed by atoms with van der Waals surface area (Å²) in [5.41, 5.74) is 6.93. The van der Waals surface area contributed by atoms with Gasteiger partial charge in [-0.15, -0.1) is 0 Å². The van der Waals surface area contributed by atoms with Gasteiger partial charge in [-0.25, -0.2) is 0 Å². The zero-order chi connectivity index (χ0) is 15.2. The average molecular weight is 290 g/mol. The normalized spacial score (nSPS) is 22.7. The molecule has 1 saturated carbocycles. The molecule has 1 aromatic carbocycles. The van der Waals surface area contributed by atoms with Gasteiger partial charge in [0, 0.05) is 19.0 Å². The van der Waals surface area contributed by atoms with Crippen molar-refractivity contribution < 1.29 is 14.7 Å². The highest BCUT2D eigenvalue weighted by Gasteiger charge is 2.32. The zero-order valence-electron chi connectivity index (χ0n) is 12.0. The Morgan fingerprint density at radius 3 is 2.67 bits per heavy atom. The molecule has 21 heavy (non-hydrogen) atoms. The molecule has 3 atom stereocenters. The Morgan fingerprint density at radius 2 is 2.00 bits per heavy atom. The molecule has 1 aliphatic rings. The van der Waals surface area contributed by atoms with E-state index < -0.39 is 5.97 Å². The van der Waals surface area contributed by atoms with Crippen LogP contribution in [-0.2, 0) is 9.59 Å². The number of carbonyl (C=O) groups is 2. The molecule has 1 fully saturated rings. The predicted octanol–water partition coefficient (Wildman–Crippen LogP) is 1.69. The van der Waals surface area contributed by atoms with Crippen LogP contribution in [0.2, 0.25) is 0 Å². The van der Waals surface area contributed by atoms with Crippen LogP contribution >= 0.6 is 0 Å². The quantitative estimate of drug-likeness (QED) is 0.743. The third-order valence-electron chi connectivity index (χ3n) is 4.17. The van der Waals surface area contributed by atoms with E-state index in [-0.39, 0.29) is 30.2 Å². The van der Waals surface area contributed by atoms with Gasteiger partial charge in [0.1, 0.15) is 0 Å². The van der Waals surface area contributed by atoms with Gasteiger partial charge in [0.15, 0.2) is 0 Å². The lowest BCUT2D eigenvalue weighted by molar-refractivity contribution is -0.143. The molecule has 0 bridgehead atoms. The van der Waals surface area contributed by atoms with E-state index in [4.69, 9.17) is 10.8 Å². The Bertz CT molecular complexity index is 490. The number of aliphatic carboxylic acids is 1. The Balaban J connectivity index is 1.78. The number of amides is 1. The fraction of sp³-hybridized carbons (Fsp3) is 0.500. The summed E-state index contributed by atoms with van der Waals surface area (Å²) in [5, 5.41) is 11.9. The van der Waals surface area contributed by atoms with Crippen molar-refractivity contribution in [2.45, 2.75) is 31.7 Å². The number of hydrogen-bond donors (Lipinski definition) is 3. The summed E-state index contributed by atoms with van der Waals surface area (Å²) in [5.74, 6) is -1.16. The smallest absolute Gasteiger partial charge is 0.306 e. The van der Waals surface area contributed by atoms with E-state index in [1.165, 1.54) is 0 Å². The summed E-state index contributed by atoms with van der Waals surface area (Å²) in [6.45, 7) is 0.428. The van der Waals surface area contributed by atoms with Crippen LogP contribution in [0.25, 0.3) is 0 Å². The monoisotopic (exact) mass is 290 g/mol. The molecule has 5 nitrogen and oxygen atoms in total. The molecule has 0 spiro atoms. The minimum atomic E-state index is -0.757. The molecular formula is C16H22N2O3. The molecule has 2 rings (SSSR count). The van der Waals surface area contributed by atoms with Crippen molar-refractivity contribution in [3.8, 4) is 0 Å². The van der Waals surface area contributed by atoms with Gasteiger partial charge in [0.2, 0.25) is 5.91 Å². The lowest BCUT2D eigenvalue weighted by Gasteiger charge is -2.17. The summed E-state index contributed by atoms with van der Waals surface area (Å²) in [6.07, 6.45) is 2.71. The molecule has 0 aromatic heterocycles. The molecular weight excluding hydrogens is 268 g/mol. The van der Waals surface area contributed by atoms with Gasteiger partial charge in [0.05, 0.1) is 5.92 Å². The number of carboxylic acid groups (broad SMARTS) is 1. The molecule has 3 unspecified atom stereocenters. The van der Waals surface area contributed by atoms with Crippen LogP contribution < -0.4 is 11.1 Å². The molecule has 5 heteroatoms. The predicted molar refractivity (Wildman–Crippen MR) is 79.5 cm³/mol. The summed E-state index contributed by atoms with van der Waals surface area (Å²) < 4.78 is 0. The number of benzene rings is 1. The van der Waals surface area contributed by atoms with Gasteiger partial charge in [-0.1, -0.05) is 36.8 Å². The Labute approximate surface area is 124 Å². The van der Waals surface area contributed by atoms with Crippen LogP contribution in [0.3, 0.4) is 0 Å². The van der Waals surface area contributed by atoms with E-state index in [0.29, 0.717) is 13.0 Å². The number of nitrogens with one attached hydrogen (secondary N) is 1. The molecule has 0 heterocycles.